The molecule has 0 amide bonds. The second-order valence-electron chi connectivity index (χ2n) is 3.77. The highest BCUT2D eigenvalue weighted by molar-refractivity contribution is 8.93. The van der Waals surface area contributed by atoms with E-state index in [0.717, 1.165) is 5.56 Å². The van der Waals surface area contributed by atoms with E-state index in [2.05, 4.69) is 20.8 Å². The molecule has 1 N–H and O–H groups in total. The van der Waals surface area contributed by atoms with Gasteiger partial charge in [-0.25, -0.2) is 0 Å². The highest BCUT2D eigenvalue weighted by Crippen LogP contribution is 2.29. The summed E-state index contributed by atoms with van der Waals surface area (Å²) in [5, 5.41) is 9.45. The number of benzene rings is 1. The Morgan fingerprint density at radius 2 is 1.58 bits per heavy atom. The Kier molecular flexibility index (Phi) is 3.78. The lowest BCUT2D eigenvalue weighted by Crippen LogP contribution is -2.10. The fraction of sp³-hybridized carbons (Fsp3) is 0.400. The second kappa shape index (κ2) is 3.94. The van der Waals surface area contributed by atoms with Crippen LogP contribution in [-0.2, 0) is 5.41 Å². The Morgan fingerprint density at radius 1 is 1.08 bits per heavy atom. The Hall–Kier alpha value is -0.500. The number of hydrogen-bond donors (Lipinski definition) is 1. The van der Waals surface area contributed by atoms with E-state index >= 15 is 0 Å². The zero-order valence-electron chi connectivity index (χ0n) is 7.66. The van der Waals surface area contributed by atoms with Crippen molar-refractivity contribution < 1.29 is 5.11 Å². The molecule has 1 rings (SSSR count). The molecule has 0 radical (unpaired) electrons. The summed E-state index contributed by atoms with van der Waals surface area (Å²) in [6.45, 7) is 6.26. The molecule has 1 aromatic rings. The molecule has 0 unspecified atom stereocenters. The van der Waals surface area contributed by atoms with Gasteiger partial charge in [0.1, 0.15) is 5.75 Å². The summed E-state index contributed by atoms with van der Waals surface area (Å²) in [5.41, 5.74) is 1.03. The topological polar surface area (TPSA) is 20.2 Å². The van der Waals surface area contributed by atoms with Gasteiger partial charge in [-0.1, -0.05) is 39.0 Å². The van der Waals surface area contributed by atoms with Gasteiger partial charge in [0.25, 0.3) is 0 Å². The molecule has 0 atom stereocenters. The lowest BCUT2D eigenvalue weighted by Gasteiger charge is -2.19. The van der Waals surface area contributed by atoms with Gasteiger partial charge in [0, 0.05) is 0 Å². The van der Waals surface area contributed by atoms with Crippen LogP contribution in [0.1, 0.15) is 26.3 Å². The van der Waals surface area contributed by atoms with Crippen molar-refractivity contribution >= 4 is 17.0 Å². The molecule has 0 aliphatic heterocycles. The van der Waals surface area contributed by atoms with Crippen molar-refractivity contribution in [3.8, 4) is 5.75 Å². The van der Waals surface area contributed by atoms with E-state index < -0.39 is 0 Å². The maximum atomic E-state index is 9.45. The van der Waals surface area contributed by atoms with Crippen LogP contribution in [0.15, 0.2) is 24.3 Å². The van der Waals surface area contributed by atoms with E-state index in [4.69, 9.17) is 0 Å². The van der Waals surface area contributed by atoms with Gasteiger partial charge in [-0.05, 0) is 17.0 Å². The highest BCUT2D eigenvalue weighted by Gasteiger charge is 2.16. The number of rotatable bonds is 0. The average molecular weight is 231 g/mol. The molecule has 1 aromatic carbocycles. The molecule has 0 saturated carbocycles. The normalized spacial score (nSPS) is 10.6. The number of phenols is 1. The van der Waals surface area contributed by atoms with E-state index in [1.165, 1.54) is 0 Å². The lowest BCUT2D eigenvalue weighted by atomic mass is 9.86. The molecule has 0 aromatic heterocycles. The predicted octanol–water partition coefficient (Wildman–Crippen LogP) is 3.27. The van der Waals surface area contributed by atoms with E-state index in [1.807, 2.05) is 18.2 Å². The van der Waals surface area contributed by atoms with Crippen LogP contribution in [0.3, 0.4) is 0 Å². The van der Waals surface area contributed by atoms with E-state index in [-0.39, 0.29) is 22.4 Å². The van der Waals surface area contributed by atoms with Crippen LogP contribution in [0.4, 0.5) is 0 Å². The summed E-state index contributed by atoms with van der Waals surface area (Å²) in [6.07, 6.45) is 0. The van der Waals surface area contributed by atoms with Gasteiger partial charge in [0.15, 0.2) is 0 Å². The molecule has 68 valence electrons. The van der Waals surface area contributed by atoms with Crippen molar-refractivity contribution in [1.82, 2.24) is 0 Å². The summed E-state index contributed by atoms with van der Waals surface area (Å²) in [6, 6.07) is 7.46. The third-order valence-electron chi connectivity index (χ3n) is 1.71. The molecule has 2 heteroatoms. The van der Waals surface area contributed by atoms with Crippen molar-refractivity contribution in [3.05, 3.63) is 29.8 Å². The quantitative estimate of drug-likeness (QED) is 0.726. The van der Waals surface area contributed by atoms with Crippen LogP contribution >= 0.6 is 17.0 Å². The van der Waals surface area contributed by atoms with Gasteiger partial charge in [0.2, 0.25) is 0 Å². The largest absolute Gasteiger partial charge is 0.508 e. The third-order valence-corrected chi connectivity index (χ3v) is 1.71. The van der Waals surface area contributed by atoms with Gasteiger partial charge in [-0.2, -0.15) is 0 Å². The van der Waals surface area contributed by atoms with Crippen LogP contribution in [0, 0.1) is 0 Å². The molecule has 1 nitrogen and oxygen atoms in total. The van der Waals surface area contributed by atoms with Crippen molar-refractivity contribution in [3.63, 3.8) is 0 Å². The summed E-state index contributed by atoms with van der Waals surface area (Å²) in [4.78, 5) is 0. The summed E-state index contributed by atoms with van der Waals surface area (Å²) >= 11 is 0. The van der Waals surface area contributed by atoms with Crippen LogP contribution in [0.25, 0.3) is 0 Å². The zero-order valence-corrected chi connectivity index (χ0v) is 9.38. The smallest absolute Gasteiger partial charge is 0.119 e. The van der Waals surface area contributed by atoms with Crippen molar-refractivity contribution in [1.29, 1.82) is 0 Å². The summed E-state index contributed by atoms with van der Waals surface area (Å²) in [7, 11) is 0. The molecule has 12 heavy (non-hydrogen) atoms. The molecule has 0 aliphatic carbocycles. The molecule has 0 bridgehead atoms. The minimum Gasteiger partial charge on any atom is -0.508 e. The lowest BCUT2D eigenvalue weighted by molar-refractivity contribution is 0.447. The van der Waals surface area contributed by atoms with Crippen LogP contribution < -0.4 is 0 Å². The third kappa shape index (κ3) is 2.52. The maximum absolute atomic E-state index is 9.45. The number of hydrogen-bond acceptors (Lipinski definition) is 1. The monoisotopic (exact) mass is 230 g/mol. The molecular weight excluding hydrogens is 216 g/mol. The molecule has 0 aliphatic rings. The predicted molar refractivity (Wildman–Crippen MR) is 57.1 cm³/mol. The fourth-order valence-electron chi connectivity index (χ4n) is 1.11. The van der Waals surface area contributed by atoms with Gasteiger partial charge >= 0.3 is 0 Å². The maximum Gasteiger partial charge on any atom is 0.119 e. The van der Waals surface area contributed by atoms with Gasteiger partial charge in [-0.3, -0.25) is 0 Å². The molecule has 0 heterocycles. The van der Waals surface area contributed by atoms with E-state index in [0.29, 0.717) is 5.75 Å². The van der Waals surface area contributed by atoms with Crippen molar-refractivity contribution in [2.75, 3.05) is 0 Å². The number of aromatic hydroxyl groups is 1. The van der Waals surface area contributed by atoms with Crippen LogP contribution in [-0.4, -0.2) is 5.11 Å². The minimum atomic E-state index is 0. The number of para-hydroxylation sites is 1. The first-order valence-corrected chi connectivity index (χ1v) is 3.80. The van der Waals surface area contributed by atoms with E-state index in [9.17, 15) is 5.11 Å². The Labute approximate surface area is 84.2 Å². The first-order chi connectivity index (χ1) is 5.02. The Balaban J connectivity index is 0.00000121. The van der Waals surface area contributed by atoms with Gasteiger partial charge in [-0.15, -0.1) is 17.0 Å². The fourth-order valence-corrected chi connectivity index (χ4v) is 1.11. The Bertz CT molecular complexity index is 250. The Morgan fingerprint density at radius 3 is 1.92 bits per heavy atom. The first kappa shape index (κ1) is 11.5. The SMILES string of the molecule is Br.CC(C)(C)c1ccccc1O. The zero-order chi connectivity index (χ0) is 8.48. The van der Waals surface area contributed by atoms with Crippen LogP contribution in [0.5, 0.6) is 5.75 Å². The number of halogens is 1. The van der Waals surface area contributed by atoms with Gasteiger partial charge in [0.05, 0.1) is 0 Å². The van der Waals surface area contributed by atoms with Crippen LogP contribution in [0.2, 0.25) is 0 Å². The average Bonchev–Trinajstić information content (AvgIpc) is 1.86. The molecule has 0 fully saturated rings. The van der Waals surface area contributed by atoms with Crippen molar-refractivity contribution in [2.45, 2.75) is 26.2 Å². The van der Waals surface area contributed by atoms with Crippen molar-refractivity contribution in [2.24, 2.45) is 0 Å². The summed E-state index contributed by atoms with van der Waals surface area (Å²) in [5.74, 6) is 0.389. The summed E-state index contributed by atoms with van der Waals surface area (Å²) < 4.78 is 0. The number of phenolic OH excluding ortho intramolecular Hbond substituents is 1. The standard InChI is InChI=1S/C10H14O.BrH/c1-10(2,3)8-6-4-5-7-9(8)11;/h4-7,11H,1-3H3;1H. The highest BCUT2D eigenvalue weighted by atomic mass is 79.9. The molecule has 0 spiro atoms. The van der Waals surface area contributed by atoms with Gasteiger partial charge < -0.3 is 5.11 Å². The molecule has 0 saturated heterocycles. The molecular formula is C10H15BrO. The second-order valence-corrected chi connectivity index (χ2v) is 3.77. The van der Waals surface area contributed by atoms with E-state index in [1.54, 1.807) is 6.07 Å². The minimum absolute atomic E-state index is 0. The first-order valence-electron chi connectivity index (χ1n) is 3.80.